The van der Waals surface area contributed by atoms with Crippen molar-refractivity contribution >= 4 is 23.9 Å². The van der Waals surface area contributed by atoms with Gasteiger partial charge in [0.1, 0.15) is 0 Å². The van der Waals surface area contributed by atoms with Gasteiger partial charge in [0.2, 0.25) is 0 Å². The maximum Gasteiger partial charge on any atom is 0.316 e. The second-order valence-electron chi connectivity index (χ2n) is 11.4. The third-order valence-corrected chi connectivity index (χ3v) is 8.00. The number of aliphatic carboxylic acids is 2. The Hall–Kier alpha value is -5.04. The van der Waals surface area contributed by atoms with Crippen LogP contribution in [0.15, 0.2) is 121 Å². The Morgan fingerprint density at radius 3 is 0.911 bits per heavy atom. The minimum Gasteiger partial charge on any atom is -0.481 e. The molecule has 0 radical (unpaired) electrons. The summed E-state index contributed by atoms with van der Waals surface area (Å²) in [5.41, 5.74) is 3.28. The van der Waals surface area contributed by atoms with Crippen LogP contribution in [0.2, 0.25) is 0 Å². The predicted octanol–water partition coefficient (Wildman–Crippen LogP) is 6.44. The Morgan fingerprint density at radius 1 is 0.422 bits per heavy atom. The number of esters is 2. The third-order valence-electron chi connectivity index (χ3n) is 8.00. The van der Waals surface area contributed by atoms with Gasteiger partial charge in [-0.2, -0.15) is 0 Å². The second-order valence-corrected chi connectivity index (χ2v) is 11.4. The fraction of sp³-hybridized carbons (Fsp3) is 0.263. The molecule has 7 heteroatoms. The first-order valence-electron chi connectivity index (χ1n) is 15.1. The molecule has 0 spiro atoms. The number of rotatable bonds is 16. The van der Waals surface area contributed by atoms with Crippen LogP contribution in [0.3, 0.4) is 0 Å². The van der Waals surface area contributed by atoms with E-state index in [-0.39, 0.29) is 38.5 Å². The summed E-state index contributed by atoms with van der Waals surface area (Å²) in [4.78, 5) is 52.0. The Balaban J connectivity index is 1.56. The fourth-order valence-corrected chi connectivity index (χ4v) is 5.62. The van der Waals surface area contributed by atoms with Crippen molar-refractivity contribution in [3.63, 3.8) is 0 Å². The van der Waals surface area contributed by atoms with Gasteiger partial charge in [0.05, 0.1) is 23.7 Å². The average Bonchev–Trinajstić information content (AvgIpc) is 3.05. The molecule has 0 fully saturated rings. The lowest BCUT2D eigenvalue weighted by Gasteiger charge is -2.23. The number of carbonyl (C=O) groups excluding carboxylic acids is 2. The molecule has 4 aromatic carbocycles. The quantitative estimate of drug-likeness (QED) is 0.111. The van der Waals surface area contributed by atoms with Gasteiger partial charge >= 0.3 is 23.9 Å². The standard InChI is InChI=1S/C38H38O7/c39-35(40)31(21-27-13-5-1-6-14-27)25-33(23-29-17-9-3-10-18-29)37(43)45-38(44)34(24-30-19-11-4-12-20-30)26-32(36(41)42)22-28-15-7-2-8-16-28/h1-20,31-34H,21-26H2,(H,39,40)(H,41,42)/t31-,32-,33-,34-/m1/s1. The zero-order valence-electron chi connectivity index (χ0n) is 25.0. The van der Waals surface area contributed by atoms with Gasteiger partial charge in [-0.3, -0.25) is 19.2 Å². The van der Waals surface area contributed by atoms with E-state index in [2.05, 4.69) is 0 Å². The second kappa shape index (κ2) is 16.7. The molecule has 7 nitrogen and oxygen atoms in total. The summed E-state index contributed by atoms with van der Waals surface area (Å²) in [5, 5.41) is 20.1. The Morgan fingerprint density at radius 2 is 0.667 bits per heavy atom. The summed E-state index contributed by atoms with van der Waals surface area (Å²) in [6.45, 7) is 0. The van der Waals surface area contributed by atoms with Crippen molar-refractivity contribution in [1.29, 1.82) is 0 Å². The topological polar surface area (TPSA) is 118 Å². The molecule has 0 amide bonds. The Labute approximate surface area is 263 Å². The van der Waals surface area contributed by atoms with Crippen molar-refractivity contribution in [2.24, 2.45) is 23.7 Å². The van der Waals surface area contributed by atoms with E-state index in [0.29, 0.717) is 0 Å². The van der Waals surface area contributed by atoms with E-state index in [4.69, 9.17) is 4.74 Å². The van der Waals surface area contributed by atoms with Crippen LogP contribution in [-0.2, 0) is 49.6 Å². The van der Waals surface area contributed by atoms with E-state index in [1.807, 2.05) is 121 Å². The van der Waals surface area contributed by atoms with Crippen LogP contribution in [0.1, 0.15) is 35.1 Å². The lowest BCUT2D eigenvalue weighted by molar-refractivity contribution is -0.166. The van der Waals surface area contributed by atoms with Crippen LogP contribution in [0.5, 0.6) is 0 Å². The molecule has 0 aliphatic heterocycles. The minimum atomic E-state index is -1.04. The first-order chi connectivity index (χ1) is 21.8. The molecule has 4 rings (SSSR count). The third kappa shape index (κ3) is 10.6. The van der Waals surface area contributed by atoms with Crippen LogP contribution in [-0.4, -0.2) is 34.1 Å². The number of carboxylic acid groups (broad SMARTS) is 2. The number of hydrogen-bond donors (Lipinski definition) is 2. The minimum absolute atomic E-state index is 0.0274. The van der Waals surface area contributed by atoms with E-state index < -0.39 is 47.5 Å². The summed E-state index contributed by atoms with van der Waals surface area (Å²) in [6.07, 6.45) is 0.778. The summed E-state index contributed by atoms with van der Waals surface area (Å²) in [7, 11) is 0. The zero-order chi connectivity index (χ0) is 32.0. The highest BCUT2D eigenvalue weighted by Gasteiger charge is 2.34. The summed E-state index contributed by atoms with van der Waals surface area (Å²) < 4.78 is 5.52. The van der Waals surface area contributed by atoms with Crippen molar-refractivity contribution in [2.75, 3.05) is 0 Å². The van der Waals surface area contributed by atoms with Crippen molar-refractivity contribution < 1.29 is 34.1 Å². The molecule has 0 unspecified atom stereocenters. The highest BCUT2D eigenvalue weighted by Crippen LogP contribution is 2.26. The smallest absolute Gasteiger partial charge is 0.316 e. The van der Waals surface area contributed by atoms with E-state index in [0.717, 1.165) is 22.3 Å². The molecule has 232 valence electrons. The molecule has 0 aromatic heterocycles. The molecule has 0 bridgehead atoms. The van der Waals surface area contributed by atoms with Crippen molar-refractivity contribution in [3.8, 4) is 0 Å². The SMILES string of the molecule is O=C(O)[C@H](Cc1ccccc1)C[C@@H](Cc1ccccc1)C(=O)OC(=O)[C@H](Cc1ccccc1)C[C@@H](Cc1ccccc1)C(=O)O. The molecular weight excluding hydrogens is 568 g/mol. The number of ether oxygens (including phenoxy) is 1. The van der Waals surface area contributed by atoms with Gasteiger partial charge in [-0.25, -0.2) is 0 Å². The van der Waals surface area contributed by atoms with Crippen LogP contribution in [0, 0.1) is 23.7 Å². The van der Waals surface area contributed by atoms with E-state index in [1.54, 1.807) is 0 Å². The van der Waals surface area contributed by atoms with Gasteiger partial charge < -0.3 is 14.9 Å². The molecule has 4 atom stereocenters. The zero-order valence-corrected chi connectivity index (χ0v) is 25.0. The predicted molar refractivity (Wildman–Crippen MR) is 170 cm³/mol. The first-order valence-corrected chi connectivity index (χ1v) is 15.1. The van der Waals surface area contributed by atoms with Crippen LogP contribution >= 0.6 is 0 Å². The van der Waals surface area contributed by atoms with E-state index >= 15 is 0 Å². The molecule has 0 saturated carbocycles. The first kappa shape index (κ1) is 32.9. The Bertz CT molecular complexity index is 1400. The maximum absolute atomic E-state index is 13.7. The normalized spacial score (nSPS) is 13.6. The van der Waals surface area contributed by atoms with Crippen molar-refractivity contribution in [3.05, 3.63) is 144 Å². The van der Waals surface area contributed by atoms with Gasteiger partial charge in [0.25, 0.3) is 0 Å². The number of carboxylic acids is 2. The van der Waals surface area contributed by atoms with Gasteiger partial charge in [0, 0.05) is 0 Å². The van der Waals surface area contributed by atoms with Gasteiger partial charge in [-0.05, 0) is 60.8 Å². The van der Waals surface area contributed by atoms with Gasteiger partial charge in [-0.15, -0.1) is 0 Å². The van der Waals surface area contributed by atoms with Crippen LogP contribution in [0.25, 0.3) is 0 Å². The van der Waals surface area contributed by atoms with E-state index in [9.17, 15) is 29.4 Å². The highest BCUT2D eigenvalue weighted by atomic mass is 16.6. The number of carbonyl (C=O) groups is 4. The molecule has 0 saturated heterocycles. The Kier molecular flexibility index (Phi) is 12.2. The molecular formula is C38H38O7. The molecule has 2 N–H and O–H groups in total. The molecule has 0 heterocycles. The van der Waals surface area contributed by atoms with Crippen molar-refractivity contribution in [1.82, 2.24) is 0 Å². The molecule has 45 heavy (non-hydrogen) atoms. The fourth-order valence-electron chi connectivity index (χ4n) is 5.62. The van der Waals surface area contributed by atoms with Crippen LogP contribution in [0.4, 0.5) is 0 Å². The molecule has 4 aromatic rings. The van der Waals surface area contributed by atoms with Crippen molar-refractivity contribution in [2.45, 2.75) is 38.5 Å². The summed E-state index contributed by atoms with van der Waals surface area (Å²) in [6, 6.07) is 36.8. The highest BCUT2D eigenvalue weighted by molar-refractivity contribution is 5.89. The number of benzene rings is 4. The maximum atomic E-state index is 13.7. The van der Waals surface area contributed by atoms with E-state index in [1.165, 1.54) is 0 Å². The van der Waals surface area contributed by atoms with Crippen LogP contribution < -0.4 is 0 Å². The van der Waals surface area contributed by atoms with Gasteiger partial charge in [0.15, 0.2) is 0 Å². The number of hydrogen-bond acceptors (Lipinski definition) is 5. The largest absolute Gasteiger partial charge is 0.481 e. The average molecular weight is 607 g/mol. The monoisotopic (exact) mass is 606 g/mol. The molecule has 0 aliphatic rings. The van der Waals surface area contributed by atoms with Gasteiger partial charge in [-0.1, -0.05) is 121 Å². The summed E-state index contributed by atoms with van der Waals surface area (Å²) >= 11 is 0. The lowest BCUT2D eigenvalue weighted by atomic mass is 9.85. The molecule has 0 aliphatic carbocycles. The lowest BCUT2D eigenvalue weighted by Crippen LogP contribution is -2.33. The summed E-state index contributed by atoms with van der Waals surface area (Å²) in [5.74, 6) is -7.27.